The zero-order valence-corrected chi connectivity index (χ0v) is 11.2. The number of hydrogen-bond donors (Lipinski definition) is 0. The van der Waals surface area contributed by atoms with Gasteiger partial charge in [0.1, 0.15) is 0 Å². The van der Waals surface area contributed by atoms with Crippen molar-refractivity contribution in [2.75, 3.05) is 13.3 Å². The van der Waals surface area contributed by atoms with Crippen LogP contribution >= 0.6 is 0 Å². The quantitative estimate of drug-likeness (QED) is 0.693. The molecule has 0 N–H and O–H groups in total. The molecule has 17 heavy (non-hydrogen) atoms. The fraction of sp³-hybridized carbons (Fsp3) is 1.00. The van der Waals surface area contributed by atoms with Crippen LogP contribution in [0.5, 0.6) is 0 Å². The molecule has 2 heteroatoms. The molecule has 4 atom stereocenters. The second-order valence-corrected chi connectivity index (χ2v) is 6.39. The summed E-state index contributed by atoms with van der Waals surface area (Å²) in [4.78, 5) is 2.65. The molecule has 0 unspecified atom stereocenters. The van der Waals surface area contributed by atoms with Gasteiger partial charge in [-0.05, 0) is 43.9 Å². The summed E-state index contributed by atoms with van der Waals surface area (Å²) in [6, 6.07) is 0.839. The van der Waals surface area contributed by atoms with E-state index in [0.717, 1.165) is 24.6 Å². The van der Waals surface area contributed by atoms with Crippen LogP contribution < -0.4 is 0 Å². The first-order valence-corrected chi connectivity index (χ1v) is 7.72. The van der Waals surface area contributed by atoms with Gasteiger partial charge >= 0.3 is 0 Å². The minimum Gasteiger partial charge on any atom is -0.363 e. The van der Waals surface area contributed by atoms with Gasteiger partial charge in [-0.1, -0.05) is 26.2 Å². The highest BCUT2D eigenvalue weighted by Gasteiger charge is 2.36. The van der Waals surface area contributed by atoms with Crippen LogP contribution in [-0.2, 0) is 4.74 Å². The molecule has 1 saturated carbocycles. The van der Waals surface area contributed by atoms with E-state index in [1.54, 1.807) is 0 Å². The zero-order valence-electron chi connectivity index (χ0n) is 11.2. The van der Waals surface area contributed by atoms with Gasteiger partial charge in [-0.15, -0.1) is 0 Å². The first-order valence-electron chi connectivity index (χ1n) is 7.72. The summed E-state index contributed by atoms with van der Waals surface area (Å²) in [5, 5.41) is 0. The summed E-state index contributed by atoms with van der Waals surface area (Å²) >= 11 is 0. The first-order chi connectivity index (χ1) is 8.36. The van der Waals surface area contributed by atoms with Gasteiger partial charge in [0.15, 0.2) is 0 Å². The largest absolute Gasteiger partial charge is 0.363 e. The van der Waals surface area contributed by atoms with Gasteiger partial charge in [0.2, 0.25) is 0 Å². The highest BCUT2D eigenvalue weighted by atomic mass is 16.5. The minimum atomic E-state index is 0.592. The average molecular weight is 237 g/mol. The molecule has 0 aromatic rings. The second-order valence-electron chi connectivity index (χ2n) is 6.39. The molecule has 3 rings (SSSR count). The molecule has 0 bridgehead atoms. The van der Waals surface area contributed by atoms with E-state index in [4.69, 9.17) is 4.74 Å². The van der Waals surface area contributed by atoms with Crippen LogP contribution in [0.25, 0.3) is 0 Å². The first kappa shape index (κ1) is 12.0. The van der Waals surface area contributed by atoms with Crippen molar-refractivity contribution in [3.8, 4) is 0 Å². The fourth-order valence-corrected chi connectivity index (χ4v) is 4.14. The molecular weight excluding hydrogens is 210 g/mol. The lowest BCUT2D eigenvalue weighted by Crippen LogP contribution is -2.43. The second kappa shape index (κ2) is 5.27. The van der Waals surface area contributed by atoms with Gasteiger partial charge in [-0.2, -0.15) is 0 Å². The predicted molar refractivity (Wildman–Crippen MR) is 69.8 cm³/mol. The Labute approximate surface area is 106 Å². The summed E-state index contributed by atoms with van der Waals surface area (Å²) in [5.74, 6) is 1.80. The van der Waals surface area contributed by atoms with E-state index < -0.39 is 0 Å². The number of nitrogens with zero attached hydrogens (tertiary/aromatic N) is 1. The Balaban J connectivity index is 1.65. The van der Waals surface area contributed by atoms with Gasteiger partial charge < -0.3 is 4.74 Å². The van der Waals surface area contributed by atoms with Crippen LogP contribution in [0.4, 0.5) is 0 Å². The molecule has 0 spiro atoms. The molecule has 2 nitrogen and oxygen atoms in total. The third kappa shape index (κ3) is 2.53. The molecule has 0 aromatic carbocycles. The Kier molecular flexibility index (Phi) is 3.72. The van der Waals surface area contributed by atoms with Gasteiger partial charge in [-0.3, -0.25) is 4.90 Å². The molecule has 1 aliphatic carbocycles. The van der Waals surface area contributed by atoms with Crippen LogP contribution in [0.2, 0.25) is 0 Å². The lowest BCUT2D eigenvalue weighted by molar-refractivity contribution is -0.0525. The molecule has 98 valence electrons. The van der Waals surface area contributed by atoms with E-state index in [2.05, 4.69) is 11.8 Å². The number of piperidine rings is 1. The highest BCUT2D eigenvalue weighted by Crippen LogP contribution is 2.37. The maximum atomic E-state index is 6.20. The normalized spacial score (nSPS) is 43.6. The third-order valence-electron chi connectivity index (χ3n) is 5.36. The van der Waals surface area contributed by atoms with E-state index >= 15 is 0 Å². The molecule has 3 aliphatic rings. The van der Waals surface area contributed by atoms with Crippen molar-refractivity contribution in [1.29, 1.82) is 0 Å². The van der Waals surface area contributed by atoms with Crippen molar-refractivity contribution in [3.63, 3.8) is 0 Å². The Hall–Kier alpha value is -0.0800. The summed E-state index contributed by atoms with van der Waals surface area (Å²) in [6.45, 7) is 4.55. The summed E-state index contributed by atoms with van der Waals surface area (Å²) in [7, 11) is 0. The number of hydrogen-bond acceptors (Lipinski definition) is 2. The molecular formula is C15H27NO. The van der Waals surface area contributed by atoms with Crippen molar-refractivity contribution in [1.82, 2.24) is 4.90 Å². The SMILES string of the molecule is CC[C@H]1CC[C@@H]2C[C@@H]3CCCC[C@H]3OCN2C1. The fourth-order valence-electron chi connectivity index (χ4n) is 4.14. The molecule has 0 radical (unpaired) electrons. The summed E-state index contributed by atoms with van der Waals surface area (Å²) < 4.78 is 6.20. The minimum absolute atomic E-state index is 0.592. The average Bonchev–Trinajstić information content (AvgIpc) is 2.57. The van der Waals surface area contributed by atoms with Crippen molar-refractivity contribution in [2.24, 2.45) is 11.8 Å². The van der Waals surface area contributed by atoms with Crippen molar-refractivity contribution >= 4 is 0 Å². The number of ether oxygens (including phenoxy) is 1. The van der Waals surface area contributed by atoms with E-state index in [0.29, 0.717) is 6.10 Å². The van der Waals surface area contributed by atoms with E-state index in [1.807, 2.05) is 0 Å². The Morgan fingerprint density at radius 2 is 2.00 bits per heavy atom. The Bertz CT molecular complexity index is 255. The van der Waals surface area contributed by atoms with Gasteiger partial charge in [-0.25, -0.2) is 0 Å². The van der Waals surface area contributed by atoms with Crippen molar-refractivity contribution < 1.29 is 4.74 Å². The van der Waals surface area contributed by atoms with Crippen molar-refractivity contribution in [3.05, 3.63) is 0 Å². The third-order valence-corrected chi connectivity index (χ3v) is 5.36. The molecule has 2 saturated heterocycles. The smallest absolute Gasteiger partial charge is 0.0996 e. The van der Waals surface area contributed by atoms with E-state index in [-0.39, 0.29) is 0 Å². The summed E-state index contributed by atoms with van der Waals surface area (Å²) in [6.07, 6.45) is 11.8. The standard InChI is InChI=1S/C15H27NO/c1-2-12-7-8-14-9-13-5-3-4-6-15(13)17-11-16(14)10-12/h12-15H,2-11H2,1H3/t12-,13-,14+,15+/m0/s1. The highest BCUT2D eigenvalue weighted by molar-refractivity contribution is 4.88. The summed E-state index contributed by atoms with van der Waals surface area (Å²) in [5.41, 5.74) is 0. The molecule has 0 aromatic heterocycles. The van der Waals surface area contributed by atoms with Crippen LogP contribution in [0.3, 0.4) is 0 Å². The maximum Gasteiger partial charge on any atom is 0.0996 e. The van der Waals surface area contributed by atoms with Crippen LogP contribution in [0.1, 0.15) is 58.3 Å². The topological polar surface area (TPSA) is 12.5 Å². The lowest BCUT2D eigenvalue weighted by Gasteiger charge is -2.38. The number of fused-ring (bicyclic) bond motifs is 2. The molecule has 2 aliphatic heterocycles. The Morgan fingerprint density at radius 3 is 2.88 bits per heavy atom. The predicted octanol–water partition coefficient (Wildman–Crippen LogP) is 3.41. The Morgan fingerprint density at radius 1 is 1.12 bits per heavy atom. The number of rotatable bonds is 1. The van der Waals surface area contributed by atoms with Gasteiger partial charge in [0, 0.05) is 12.6 Å². The monoisotopic (exact) mass is 237 g/mol. The van der Waals surface area contributed by atoms with E-state index in [1.165, 1.54) is 57.9 Å². The van der Waals surface area contributed by atoms with Gasteiger partial charge in [0.25, 0.3) is 0 Å². The van der Waals surface area contributed by atoms with Gasteiger partial charge in [0.05, 0.1) is 12.8 Å². The van der Waals surface area contributed by atoms with E-state index in [9.17, 15) is 0 Å². The van der Waals surface area contributed by atoms with Crippen LogP contribution in [0.15, 0.2) is 0 Å². The molecule has 2 heterocycles. The molecule has 0 amide bonds. The van der Waals surface area contributed by atoms with Crippen LogP contribution in [-0.4, -0.2) is 30.3 Å². The lowest BCUT2D eigenvalue weighted by atomic mass is 9.80. The molecule has 3 fully saturated rings. The zero-order chi connectivity index (χ0) is 11.7. The van der Waals surface area contributed by atoms with Crippen molar-refractivity contribution in [2.45, 2.75) is 70.4 Å². The maximum absolute atomic E-state index is 6.20. The van der Waals surface area contributed by atoms with Crippen LogP contribution in [0, 0.1) is 11.8 Å².